The first-order valence-corrected chi connectivity index (χ1v) is 3.62. The fraction of sp³-hybridized carbons (Fsp3) is 0.833. The molecule has 0 unspecified atom stereocenters. The smallest absolute Gasteiger partial charge is 0.652 e. The van der Waals surface area contributed by atoms with Gasteiger partial charge in [-0.2, -0.15) is 0 Å². The Bertz CT molecular complexity index is 75.2. The van der Waals surface area contributed by atoms with E-state index < -0.39 is 6.16 Å². The summed E-state index contributed by atoms with van der Waals surface area (Å²) in [6.07, 6.45) is 1.40. The van der Waals surface area contributed by atoms with Crippen LogP contribution >= 0.6 is 11.6 Å². The maximum absolute atomic E-state index is 8.33. The molecule has 0 radical (unpaired) electrons. The summed E-state index contributed by atoms with van der Waals surface area (Å²) < 4.78 is 0. The van der Waals surface area contributed by atoms with E-state index in [2.05, 4.69) is 6.92 Å². The predicted octanol–water partition coefficient (Wildman–Crippen LogP) is -6.02. The molecule has 6 heteroatoms. The van der Waals surface area contributed by atoms with Crippen molar-refractivity contribution in [2.24, 2.45) is 0 Å². The normalized spacial score (nSPS) is 6.50. The molecule has 0 aromatic carbocycles. The van der Waals surface area contributed by atoms with Gasteiger partial charge in [-0.25, -0.2) is 0 Å². The molecule has 12 heavy (non-hydrogen) atoms. The minimum Gasteiger partial charge on any atom is -0.652 e. The molecule has 0 aliphatic carbocycles. The number of halogens is 1. The molecule has 0 saturated carbocycles. The summed E-state index contributed by atoms with van der Waals surface area (Å²) in [4.78, 5) is 8.33. The molecule has 0 aliphatic rings. The van der Waals surface area contributed by atoms with Crippen LogP contribution in [0.5, 0.6) is 0 Å². The van der Waals surface area contributed by atoms with E-state index in [0.717, 1.165) is 5.88 Å². The third kappa shape index (κ3) is 62.0. The molecule has 0 N–H and O–H groups in total. The zero-order valence-corrected chi connectivity index (χ0v) is 12.7. The summed E-state index contributed by atoms with van der Waals surface area (Å²) in [5.41, 5.74) is 0. The van der Waals surface area contributed by atoms with Gasteiger partial charge in [0.15, 0.2) is 0 Å². The fourth-order valence-corrected chi connectivity index (χ4v) is 0.533. The average Bonchev–Trinajstić information content (AvgIpc) is 1.82. The van der Waals surface area contributed by atoms with Gasteiger partial charge in [0.05, 0.1) is 0 Å². The first-order valence-electron chi connectivity index (χ1n) is 3.09. The van der Waals surface area contributed by atoms with E-state index >= 15 is 0 Å². The van der Waals surface area contributed by atoms with Crippen LogP contribution in [0.15, 0.2) is 0 Å². The number of rotatable bonds is 3. The summed E-state index contributed by atoms with van der Waals surface area (Å²) in [5, 5.41) is 16.7. The second-order valence-electron chi connectivity index (χ2n) is 1.65. The summed E-state index contributed by atoms with van der Waals surface area (Å²) >= 11 is 5.38. The van der Waals surface area contributed by atoms with Crippen molar-refractivity contribution in [3.8, 4) is 0 Å². The monoisotopic (exact) mass is 212 g/mol. The van der Waals surface area contributed by atoms with Gasteiger partial charge in [0, 0.05) is 5.88 Å². The zero-order chi connectivity index (χ0) is 8.41. The number of carboxylic acid groups (broad SMARTS) is 2. The summed E-state index contributed by atoms with van der Waals surface area (Å²) in [6.45, 7) is 2.17. The number of carbonyl (C=O) groups excluding carboxylic acids is 1. The third-order valence-corrected chi connectivity index (χ3v) is 1.00. The van der Waals surface area contributed by atoms with Crippen LogP contribution in [0.25, 0.3) is 0 Å². The van der Waals surface area contributed by atoms with E-state index in [1.165, 1.54) is 19.3 Å². The molecular weight excluding hydrogens is 201 g/mol. The molecule has 0 spiro atoms. The maximum atomic E-state index is 8.33. The van der Waals surface area contributed by atoms with Crippen LogP contribution in [0.4, 0.5) is 4.79 Å². The van der Waals surface area contributed by atoms with Gasteiger partial charge in [0.2, 0.25) is 0 Å². The number of carbonyl (C=O) groups is 1. The minimum atomic E-state index is -2.33. The number of hydrogen-bond acceptors (Lipinski definition) is 3. The SMILES string of the molecule is CCCCCCl.O=C([O-])[O-].[Na+].[Na+]. The van der Waals surface area contributed by atoms with Crippen LogP contribution < -0.4 is 69.3 Å². The van der Waals surface area contributed by atoms with E-state index in [0.29, 0.717) is 0 Å². The van der Waals surface area contributed by atoms with E-state index in [1.54, 1.807) is 0 Å². The van der Waals surface area contributed by atoms with Gasteiger partial charge in [-0.15, -0.1) is 11.6 Å². The van der Waals surface area contributed by atoms with Gasteiger partial charge < -0.3 is 15.0 Å². The average molecular weight is 213 g/mol. The first-order chi connectivity index (χ1) is 4.65. The molecule has 0 aliphatic heterocycles. The Morgan fingerprint density at radius 3 is 1.67 bits per heavy atom. The Hall–Kier alpha value is 1.56. The Labute approximate surface area is 122 Å². The Kier molecular flexibility index (Phi) is 44.7. The van der Waals surface area contributed by atoms with Crippen molar-refractivity contribution >= 4 is 17.8 Å². The molecule has 0 amide bonds. The molecule has 0 aromatic heterocycles. The van der Waals surface area contributed by atoms with Crippen molar-refractivity contribution in [1.29, 1.82) is 0 Å². The van der Waals surface area contributed by atoms with Crippen molar-refractivity contribution < 1.29 is 74.1 Å². The van der Waals surface area contributed by atoms with Gasteiger partial charge in [0.25, 0.3) is 0 Å². The molecule has 62 valence electrons. The van der Waals surface area contributed by atoms with Crippen LogP contribution in [0, 0.1) is 0 Å². The van der Waals surface area contributed by atoms with Crippen molar-refractivity contribution in [3.63, 3.8) is 0 Å². The van der Waals surface area contributed by atoms with Gasteiger partial charge in [-0.05, 0) is 12.6 Å². The Morgan fingerprint density at radius 1 is 1.25 bits per heavy atom. The largest absolute Gasteiger partial charge is 1.00 e. The van der Waals surface area contributed by atoms with E-state index in [9.17, 15) is 0 Å². The topological polar surface area (TPSA) is 63.2 Å². The van der Waals surface area contributed by atoms with Crippen molar-refractivity contribution in [2.45, 2.75) is 26.2 Å². The summed E-state index contributed by atoms with van der Waals surface area (Å²) in [6, 6.07) is 0. The van der Waals surface area contributed by atoms with Crippen molar-refractivity contribution in [3.05, 3.63) is 0 Å². The van der Waals surface area contributed by atoms with E-state index in [-0.39, 0.29) is 59.1 Å². The molecule has 3 nitrogen and oxygen atoms in total. The predicted molar refractivity (Wildman–Crippen MR) is 35.6 cm³/mol. The quantitative estimate of drug-likeness (QED) is 0.266. The van der Waals surface area contributed by atoms with Crippen LogP contribution in [0.2, 0.25) is 0 Å². The third-order valence-electron chi connectivity index (χ3n) is 0.737. The Morgan fingerprint density at radius 2 is 1.58 bits per heavy atom. The number of alkyl halides is 1. The van der Waals surface area contributed by atoms with Gasteiger partial charge in [-0.1, -0.05) is 19.8 Å². The molecule has 0 saturated heterocycles. The van der Waals surface area contributed by atoms with Gasteiger partial charge >= 0.3 is 59.1 Å². The number of unbranched alkanes of at least 4 members (excludes halogenated alkanes) is 2. The zero-order valence-electron chi connectivity index (χ0n) is 7.93. The Balaban J connectivity index is -0.0000000483. The van der Waals surface area contributed by atoms with Crippen LogP contribution in [0.3, 0.4) is 0 Å². The molecule has 0 bridgehead atoms. The molecule has 0 fully saturated rings. The van der Waals surface area contributed by atoms with Crippen LogP contribution in [-0.4, -0.2) is 12.0 Å². The second-order valence-corrected chi connectivity index (χ2v) is 2.02. The van der Waals surface area contributed by atoms with Gasteiger partial charge in [0.1, 0.15) is 0 Å². The van der Waals surface area contributed by atoms with Gasteiger partial charge in [-0.3, -0.25) is 0 Å². The molecule has 0 heterocycles. The van der Waals surface area contributed by atoms with Crippen LogP contribution in [-0.2, 0) is 0 Å². The molecule has 0 rings (SSSR count). The molecule has 0 aromatic rings. The second kappa shape index (κ2) is 22.9. The standard InChI is InChI=1S/C5H11Cl.CH2O3.2Na/c1-2-3-4-5-6;2-1(3)4;;/h2-5H2,1H3;(H2,2,3,4);;/q;;2*+1/p-2. The van der Waals surface area contributed by atoms with Crippen molar-refractivity contribution in [2.75, 3.05) is 5.88 Å². The maximum Gasteiger partial charge on any atom is 1.00 e. The van der Waals surface area contributed by atoms with E-state index in [4.69, 9.17) is 26.6 Å². The minimum absolute atomic E-state index is 0. The van der Waals surface area contributed by atoms with Crippen LogP contribution in [0.1, 0.15) is 26.2 Å². The van der Waals surface area contributed by atoms with E-state index in [1.807, 2.05) is 0 Å². The fourth-order valence-electron chi connectivity index (χ4n) is 0.344. The summed E-state index contributed by atoms with van der Waals surface area (Å²) in [7, 11) is 0. The molecule has 0 atom stereocenters. The first kappa shape index (κ1) is 23.4. The summed E-state index contributed by atoms with van der Waals surface area (Å²) in [5.74, 6) is 0.827. The number of hydrogen-bond donors (Lipinski definition) is 0. The molecular formula is C6H11ClNa2O3. The van der Waals surface area contributed by atoms with Crippen molar-refractivity contribution in [1.82, 2.24) is 0 Å².